The zero-order valence-corrected chi connectivity index (χ0v) is 15.2. The van der Waals surface area contributed by atoms with Crippen LogP contribution in [-0.4, -0.2) is 35.6 Å². The molecule has 1 heterocycles. The molecule has 1 fully saturated rings. The van der Waals surface area contributed by atoms with Gasteiger partial charge in [-0.3, -0.25) is 4.90 Å². The first-order valence-electron chi connectivity index (χ1n) is 9.13. The molecule has 0 aliphatic carbocycles. The van der Waals surface area contributed by atoms with E-state index in [9.17, 15) is 4.79 Å². The van der Waals surface area contributed by atoms with E-state index in [0.29, 0.717) is 0 Å². The van der Waals surface area contributed by atoms with Crippen molar-refractivity contribution >= 4 is 17.6 Å². The lowest BCUT2D eigenvalue weighted by atomic mass is 9.96. The maximum absolute atomic E-state index is 10.7. The summed E-state index contributed by atoms with van der Waals surface area (Å²) in [6, 6.07) is 16.7. The first-order valence-corrected chi connectivity index (χ1v) is 9.13. The molecule has 0 bridgehead atoms. The normalized spacial score (nSPS) is 15.7. The van der Waals surface area contributed by atoms with Gasteiger partial charge >= 0.3 is 5.97 Å². The largest absolute Gasteiger partial charge is 0.478 e. The Morgan fingerprint density at radius 3 is 2.15 bits per heavy atom. The second-order valence-electron chi connectivity index (χ2n) is 6.79. The van der Waals surface area contributed by atoms with Crippen molar-refractivity contribution in [2.24, 2.45) is 0 Å². The summed E-state index contributed by atoms with van der Waals surface area (Å²) in [6.45, 7) is 5.41. The average Bonchev–Trinajstić information content (AvgIpc) is 3.16. The molecule has 0 spiro atoms. The Morgan fingerprint density at radius 2 is 1.58 bits per heavy atom. The number of benzene rings is 2. The maximum atomic E-state index is 10.7. The minimum atomic E-state index is -0.931. The Kier molecular flexibility index (Phi) is 6.03. The van der Waals surface area contributed by atoms with Gasteiger partial charge in [-0.2, -0.15) is 0 Å². The van der Waals surface area contributed by atoms with Crippen molar-refractivity contribution in [2.45, 2.75) is 19.8 Å². The SMILES string of the molecule is Cc1ccc(C(=CCN2CCCC2)c2ccc(C=CC(=O)O)cc2)cc1. The highest BCUT2D eigenvalue weighted by molar-refractivity contribution is 5.85. The molecule has 3 rings (SSSR count). The molecule has 2 aromatic carbocycles. The molecule has 134 valence electrons. The number of aryl methyl sites for hydroxylation is 1. The van der Waals surface area contributed by atoms with Gasteiger partial charge in [-0.25, -0.2) is 4.79 Å². The molecule has 1 saturated heterocycles. The Labute approximate surface area is 155 Å². The molecule has 1 aliphatic rings. The third-order valence-electron chi connectivity index (χ3n) is 4.75. The average molecular weight is 347 g/mol. The van der Waals surface area contributed by atoms with Gasteiger partial charge in [0.1, 0.15) is 0 Å². The summed E-state index contributed by atoms with van der Waals surface area (Å²) in [6.07, 6.45) is 7.68. The molecular weight excluding hydrogens is 322 g/mol. The van der Waals surface area contributed by atoms with Gasteiger partial charge in [0.15, 0.2) is 0 Å². The predicted molar refractivity (Wildman–Crippen MR) is 107 cm³/mol. The summed E-state index contributed by atoms with van der Waals surface area (Å²) < 4.78 is 0. The van der Waals surface area contributed by atoms with Crippen LogP contribution in [0.4, 0.5) is 0 Å². The number of likely N-dealkylation sites (tertiary alicyclic amines) is 1. The number of hydrogen-bond donors (Lipinski definition) is 1. The van der Waals surface area contributed by atoms with Crippen LogP contribution < -0.4 is 0 Å². The predicted octanol–water partition coefficient (Wildman–Crippen LogP) is 4.62. The van der Waals surface area contributed by atoms with Gasteiger partial charge in [-0.15, -0.1) is 0 Å². The van der Waals surface area contributed by atoms with Gasteiger partial charge < -0.3 is 5.11 Å². The van der Waals surface area contributed by atoms with E-state index in [4.69, 9.17) is 5.11 Å². The molecule has 1 aliphatic heterocycles. The molecule has 0 radical (unpaired) electrons. The summed E-state index contributed by atoms with van der Waals surface area (Å²) in [5.41, 5.74) is 5.73. The Bertz CT molecular complexity index is 795. The molecule has 0 unspecified atom stereocenters. The first-order chi connectivity index (χ1) is 12.6. The van der Waals surface area contributed by atoms with Crippen LogP contribution in [0.25, 0.3) is 11.6 Å². The Hall–Kier alpha value is -2.65. The number of hydrogen-bond acceptors (Lipinski definition) is 2. The van der Waals surface area contributed by atoms with Gasteiger partial charge in [-0.1, -0.05) is 60.2 Å². The number of carboxylic acids is 1. The Balaban J connectivity index is 1.87. The van der Waals surface area contributed by atoms with Crippen LogP contribution in [0.3, 0.4) is 0 Å². The van der Waals surface area contributed by atoms with Crippen LogP contribution in [0.15, 0.2) is 60.7 Å². The Morgan fingerprint density at radius 1 is 1.00 bits per heavy atom. The molecular formula is C23H25NO2. The number of aliphatic carboxylic acids is 1. The minimum Gasteiger partial charge on any atom is -0.478 e. The summed E-state index contributed by atoms with van der Waals surface area (Å²) in [5.74, 6) is -0.931. The maximum Gasteiger partial charge on any atom is 0.328 e. The van der Waals surface area contributed by atoms with Crippen LogP contribution in [-0.2, 0) is 4.79 Å². The topological polar surface area (TPSA) is 40.5 Å². The van der Waals surface area contributed by atoms with Gasteiger partial charge in [0.2, 0.25) is 0 Å². The van der Waals surface area contributed by atoms with Gasteiger partial charge in [0.05, 0.1) is 0 Å². The second kappa shape index (κ2) is 8.63. The van der Waals surface area contributed by atoms with Gasteiger partial charge in [0.25, 0.3) is 0 Å². The van der Waals surface area contributed by atoms with E-state index in [-0.39, 0.29) is 0 Å². The lowest BCUT2D eigenvalue weighted by molar-refractivity contribution is -0.131. The van der Waals surface area contributed by atoms with E-state index < -0.39 is 5.97 Å². The van der Waals surface area contributed by atoms with E-state index in [0.717, 1.165) is 17.7 Å². The van der Waals surface area contributed by atoms with Crippen LogP contribution >= 0.6 is 0 Å². The van der Waals surface area contributed by atoms with E-state index in [2.05, 4.69) is 54.3 Å². The zero-order chi connectivity index (χ0) is 18.4. The molecule has 1 N–H and O–H groups in total. The monoisotopic (exact) mass is 347 g/mol. The number of carbonyl (C=O) groups is 1. The van der Waals surface area contributed by atoms with E-state index in [1.54, 1.807) is 6.08 Å². The summed E-state index contributed by atoms with van der Waals surface area (Å²) in [5, 5.41) is 8.76. The second-order valence-corrected chi connectivity index (χ2v) is 6.79. The minimum absolute atomic E-state index is 0.888. The number of carboxylic acid groups (broad SMARTS) is 1. The van der Waals surface area contributed by atoms with Crippen molar-refractivity contribution in [3.05, 3.63) is 82.9 Å². The van der Waals surface area contributed by atoms with Crippen molar-refractivity contribution < 1.29 is 9.90 Å². The molecule has 3 nitrogen and oxygen atoms in total. The molecule has 0 atom stereocenters. The third-order valence-corrected chi connectivity index (χ3v) is 4.75. The van der Waals surface area contributed by atoms with Gasteiger partial charge in [-0.05, 0) is 61.2 Å². The van der Waals surface area contributed by atoms with Crippen LogP contribution in [0.5, 0.6) is 0 Å². The third kappa shape index (κ3) is 4.93. The quantitative estimate of drug-likeness (QED) is 0.775. The fraction of sp³-hybridized carbons (Fsp3) is 0.261. The summed E-state index contributed by atoms with van der Waals surface area (Å²) in [4.78, 5) is 13.2. The fourth-order valence-corrected chi connectivity index (χ4v) is 3.26. The molecule has 0 amide bonds. The van der Waals surface area contributed by atoms with Crippen LogP contribution in [0.2, 0.25) is 0 Å². The highest BCUT2D eigenvalue weighted by Crippen LogP contribution is 2.25. The summed E-state index contributed by atoms with van der Waals surface area (Å²) in [7, 11) is 0. The van der Waals surface area contributed by atoms with Crippen molar-refractivity contribution in [2.75, 3.05) is 19.6 Å². The highest BCUT2D eigenvalue weighted by Gasteiger charge is 2.11. The molecule has 0 saturated carbocycles. The molecule has 3 heteroatoms. The van der Waals surface area contributed by atoms with E-state index >= 15 is 0 Å². The van der Waals surface area contributed by atoms with E-state index in [1.807, 2.05) is 12.1 Å². The van der Waals surface area contributed by atoms with Gasteiger partial charge in [0, 0.05) is 12.6 Å². The summed E-state index contributed by atoms with van der Waals surface area (Å²) >= 11 is 0. The molecule has 0 aromatic heterocycles. The van der Waals surface area contributed by atoms with Crippen molar-refractivity contribution in [1.82, 2.24) is 4.90 Å². The molecule has 2 aromatic rings. The van der Waals surface area contributed by atoms with Crippen molar-refractivity contribution in [3.63, 3.8) is 0 Å². The number of rotatable bonds is 6. The van der Waals surface area contributed by atoms with E-state index in [1.165, 1.54) is 48.7 Å². The smallest absolute Gasteiger partial charge is 0.328 e. The lowest BCUT2D eigenvalue weighted by Crippen LogP contribution is -2.19. The lowest BCUT2D eigenvalue weighted by Gasteiger charge is -2.15. The zero-order valence-electron chi connectivity index (χ0n) is 15.2. The fourth-order valence-electron chi connectivity index (χ4n) is 3.26. The van der Waals surface area contributed by atoms with Crippen molar-refractivity contribution in [3.8, 4) is 0 Å². The molecule has 26 heavy (non-hydrogen) atoms. The first kappa shape index (κ1) is 18.2. The van der Waals surface area contributed by atoms with Crippen LogP contribution in [0.1, 0.15) is 35.1 Å². The van der Waals surface area contributed by atoms with Crippen LogP contribution in [0, 0.1) is 6.92 Å². The van der Waals surface area contributed by atoms with Crippen molar-refractivity contribution in [1.29, 1.82) is 0 Å². The highest BCUT2D eigenvalue weighted by atomic mass is 16.4. The number of nitrogens with zero attached hydrogens (tertiary/aromatic N) is 1. The standard InChI is InChI=1S/C23H25NO2/c1-18-4-9-20(10-5-18)22(14-17-24-15-2-3-16-24)21-11-6-19(7-12-21)8-13-23(25)26/h4-14H,2-3,15-17H2,1H3,(H,25,26).